The molecule has 0 saturated heterocycles. The number of hydrogen-bond donors (Lipinski definition) is 2. The minimum atomic E-state index is 0.458. The van der Waals surface area contributed by atoms with Crippen LogP contribution < -0.4 is 10.6 Å². The molecule has 0 aromatic carbocycles. The topological polar surface area (TPSA) is 27.3 Å². The SMILES string of the molecule is CN/C(=C\N(C)C(C)C)NC(C)C. The van der Waals surface area contributed by atoms with Crippen LogP contribution in [0.4, 0.5) is 0 Å². The molecule has 0 saturated carbocycles. The summed E-state index contributed by atoms with van der Waals surface area (Å²) < 4.78 is 0. The van der Waals surface area contributed by atoms with Crippen molar-refractivity contribution in [2.24, 2.45) is 0 Å². The smallest absolute Gasteiger partial charge is 0.115 e. The lowest BCUT2D eigenvalue weighted by atomic mass is 10.3. The fraction of sp³-hybridized carbons (Fsp3) is 0.800. The predicted octanol–water partition coefficient (Wildman–Crippen LogP) is 1.34. The fourth-order valence-corrected chi connectivity index (χ4v) is 0.838. The van der Waals surface area contributed by atoms with Crippen LogP contribution in [0.25, 0.3) is 0 Å². The zero-order chi connectivity index (χ0) is 10.4. The van der Waals surface area contributed by atoms with E-state index in [0.717, 1.165) is 5.82 Å². The second-order valence-electron chi connectivity index (χ2n) is 3.85. The minimum Gasteiger partial charge on any atom is -0.375 e. The van der Waals surface area contributed by atoms with Crippen molar-refractivity contribution in [2.45, 2.75) is 39.8 Å². The second-order valence-corrected chi connectivity index (χ2v) is 3.85. The van der Waals surface area contributed by atoms with Crippen molar-refractivity contribution in [3.8, 4) is 0 Å². The van der Waals surface area contributed by atoms with Gasteiger partial charge in [0.15, 0.2) is 0 Å². The molecule has 0 amide bonds. The van der Waals surface area contributed by atoms with E-state index in [0.29, 0.717) is 12.1 Å². The maximum atomic E-state index is 3.32. The van der Waals surface area contributed by atoms with E-state index in [1.807, 2.05) is 7.05 Å². The fourth-order valence-electron chi connectivity index (χ4n) is 0.838. The lowest BCUT2D eigenvalue weighted by Gasteiger charge is -2.22. The molecule has 2 N–H and O–H groups in total. The van der Waals surface area contributed by atoms with Gasteiger partial charge in [0.25, 0.3) is 0 Å². The molecule has 0 aliphatic heterocycles. The summed E-state index contributed by atoms with van der Waals surface area (Å²) in [5.74, 6) is 1.06. The Balaban J connectivity index is 4.20. The molecule has 13 heavy (non-hydrogen) atoms. The third-order valence-electron chi connectivity index (χ3n) is 1.86. The van der Waals surface area contributed by atoms with E-state index in [9.17, 15) is 0 Å². The first-order valence-corrected chi connectivity index (χ1v) is 4.85. The number of nitrogens with one attached hydrogen (secondary N) is 2. The van der Waals surface area contributed by atoms with Crippen LogP contribution in [-0.4, -0.2) is 31.1 Å². The summed E-state index contributed by atoms with van der Waals surface area (Å²) in [6.45, 7) is 8.58. The van der Waals surface area contributed by atoms with Gasteiger partial charge >= 0.3 is 0 Å². The molecule has 0 spiro atoms. The van der Waals surface area contributed by atoms with Crippen LogP contribution in [0.3, 0.4) is 0 Å². The number of nitrogens with zero attached hydrogens (tertiary/aromatic N) is 1. The summed E-state index contributed by atoms with van der Waals surface area (Å²) in [5.41, 5.74) is 0. The first kappa shape index (κ1) is 12.1. The summed E-state index contributed by atoms with van der Waals surface area (Å²) in [6, 6.07) is 0.983. The summed E-state index contributed by atoms with van der Waals surface area (Å²) >= 11 is 0. The molecule has 0 atom stereocenters. The van der Waals surface area contributed by atoms with Gasteiger partial charge in [-0.2, -0.15) is 0 Å². The lowest BCUT2D eigenvalue weighted by molar-refractivity contribution is 0.367. The van der Waals surface area contributed by atoms with Gasteiger partial charge in [0.1, 0.15) is 5.82 Å². The van der Waals surface area contributed by atoms with E-state index >= 15 is 0 Å². The van der Waals surface area contributed by atoms with Gasteiger partial charge in [0.2, 0.25) is 0 Å². The molecule has 0 fully saturated rings. The van der Waals surface area contributed by atoms with Crippen molar-refractivity contribution in [2.75, 3.05) is 14.1 Å². The molecule has 0 aliphatic carbocycles. The zero-order valence-electron chi connectivity index (χ0n) is 9.68. The first-order chi connectivity index (χ1) is 5.97. The highest BCUT2D eigenvalue weighted by Gasteiger charge is 2.01. The molecule has 0 rings (SSSR count). The minimum absolute atomic E-state index is 0.458. The summed E-state index contributed by atoms with van der Waals surface area (Å²) in [5, 5.41) is 6.45. The third kappa shape index (κ3) is 5.39. The molecule has 0 unspecified atom stereocenters. The molecule has 0 radical (unpaired) electrons. The Labute approximate surface area is 82.2 Å². The molecule has 0 bridgehead atoms. The van der Waals surface area contributed by atoms with Gasteiger partial charge in [-0.1, -0.05) is 0 Å². The highest BCUT2D eigenvalue weighted by Crippen LogP contribution is 1.96. The predicted molar refractivity (Wildman–Crippen MR) is 58.3 cm³/mol. The van der Waals surface area contributed by atoms with Crippen molar-refractivity contribution in [3.63, 3.8) is 0 Å². The van der Waals surface area contributed by atoms with Gasteiger partial charge in [-0.25, -0.2) is 0 Å². The van der Waals surface area contributed by atoms with E-state index in [1.54, 1.807) is 0 Å². The molecule has 78 valence electrons. The van der Waals surface area contributed by atoms with Gasteiger partial charge in [-0.3, -0.25) is 0 Å². The van der Waals surface area contributed by atoms with Crippen LogP contribution in [0, 0.1) is 0 Å². The van der Waals surface area contributed by atoms with Gasteiger partial charge in [0, 0.05) is 32.4 Å². The lowest BCUT2D eigenvalue weighted by Crippen LogP contribution is -2.32. The maximum absolute atomic E-state index is 3.32. The second kappa shape index (κ2) is 5.73. The normalized spacial score (nSPS) is 12.2. The Kier molecular flexibility index (Phi) is 5.35. The summed E-state index contributed by atoms with van der Waals surface area (Å²) in [7, 11) is 4.00. The molecule has 0 aromatic rings. The number of hydrogen-bond acceptors (Lipinski definition) is 3. The van der Waals surface area contributed by atoms with Crippen LogP contribution in [-0.2, 0) is 0 Å². The van der Waals surface area contributed by atoms with E-state index in [-0.39, 0.29) is 0 Å². The maximum Gasteiger partial charge on any atom is 0.115 e. The molecular formula is C10H23N3. The average molecular weight is 185 g/mol. The summed E-state index contributed by atoms with van der Waals surface area (Å²) in [4.78, 5) is 2.17. The van der Waals surface area contributed by atoms with Crippen LogP contribution in [0.2, 0.25) is 0 Å². The van der Waals surface area contributed by atoms with Gasteiger partial charge < -0.3 is 15.5 Å². The average Bonchev–Trinajstić information content (AvgIpc) is 2.02. The quantitative estimate of drug-likeness (QED) is 0.677. The van der Waals surface area contributed by atoms with Gasteiger partial charge in [-0.15, -0.1) is 0 Å². The van der Waals surface area contributed by atoms with Crippen LogP contribution in [0.5, 0.6) is 0 Å². The van der Waals surface area contributed by atoms with Crippen LogP contribution in [0.1, 0.15) is 27.7 Å². The van der Waals surface area contributed by atoms with Crippen molar-refractivity contribution < 1.29 is 0 Å². The van der Waals surface area contributed by atoms with Crippen molar-refractivity contribution in [3.05, 3.63) is 12.0 Å². The third-order valence-corrected chi connectivity index (χ3v) is 1.86. The van der Waals surface area contributed by atoms with E-state index in [2.05, 4.69) is 56.5 Å². The van der Waals surface area contributed by atoms with Gasteiger partial charge in [-0.05, 0) is 27.7 Å². The Morgan fingerprint density at radius 2 is 1.77 bits per heavy atom. The van der Waals surface area contributed by atoms with Gasteiger partial charge in [0.05, 0.1) is 0 Å². The molecule has 0 aliphatic rings. The monoisotopic (exact) mass is 185 g/mol. The van der Waals surface area contributed by atoms with E-state index < -0.39 is 0 Å². The Morgan fingerprint density at radius 3 is 2.08 bits per heavy atom. The van der Waals surface area contributed by atoms with E-state index in [4.69, 9.17) is 0 Å². The zero-order valence-corrected chi connectivity index (χ0v) is 9.68. The van der Waals surface area contributed by atoms with Crippen molar-refractivity contribution >= 4 is 0 Å². The molecule has 0 heterocycles. The van der Waals surface area contributed by atoms with E-state index in [1.165, 1.54) is 0 Å². The molecule has 3 heteroatoms. The Bertz CT molecular complexity index is 162. The summed E-state index contributed by atoms with van der Waals surface area (Å²) in [6.07, 6.45) is 2.09. The van der Waals surface area contributed by atoms with Crippen molar-refractivity contribution in [1.82, 2.24) is 15.5 Å². The van der Waals surface area contributed by atoms with Crippen LogP contribution >= 0.6 is 0 Å². The highest BCUT2D eigenvalue weighted by atomic mass is 15.2. The first-order valence-electron chi connectivity index (χ1n) is 4.85. The number of rotatable bonds is 5. The molecule has 0 aromatic heterocycles. The van der Waals surface area contributed by atoms with Crippen molar-refractivity contribution in [1.29, 1.82) is 0 Å². The molecule has 3 nitrogen and oxygen atoms in total. The Morgan fingerprint density at radius 1 is 1.23 bits per heavy atom. The Hall–Kier alpha value is -0.860. The highest BCUT2D eigenvalue weighted by molar-refractivity contribution is 4.96. The standard InChI is InChI=1S/C10H23N3/c1-8(2)12-10(11-5)7-13(6)9(3)4/h7-9,11-12H,1-6H3/b10-7+. The largest absolute Gasteiger partial charge is 0.375 e. The molecular weight excluding hydrogens is 162 g/mol. The van der Waals surface area contributed by atoms with Crippen LogP contribution in [0.15, 0.2) is 12.0 Å².